The predicted octanol–water partition coefficient (Wildman–Crippen LogP) is 3.82. The second kappa shape index (κ2) is 8.97. The number of carbonyl (C=O) groups is 1. The maximum absolute atomic E-state index is 13.2. The third kappa shape index (κ3) is 5.87. The number of nitrogens with one attached hydrogen (secondary N) is 2. The molecule has 1 amide bonds. The molecule has 2 rings (SSSR count). The van der Waals surface area contributed by atoms with E-state index in [9.17, 15) is 22.0 Å². The van der Waals surface area contributed by atoms with Crippen LogP contribution < -0.4 is 10.0 Å². The van der Waals surface area contributed by atoms with E-state index in [2.05, 4.69) is 10.0 Å². The molecule has 0 aliphatic carbocycles. The third-order valence-electron chi connectivity index (χ3n) is 3.67. The lowest BCUT2D eigenvalue weighted by atomic mass is 10.1. The summed E-state index contributed by atoms with van der Waals surface area (Å²) < 4.78 is 52.3. The lowest BCUT2D eigenvalue weighted by Crippen LogP contribution is -2.32. The van der Waals surface area contributed by atoms with E-state index in [1.165, 1.54) is 0 Å². The second-order valence-corrected chi connectivity index (χ2v) is 8.27. The number of benzene rings is 2. The van der Waals surface area contributed by atoms with Crippen molar-refractivity contribution in [2.45, 2.75) is 24.3 Å². The number of hydrogen-bond donors (Lipinski definition) is 2. The molecule has 0 aliphatic heterocycles. The summed E-state index contributed by atoms with van der Waals surface area (Å²) in [6, 6.07) is 6.81. The van der Waals surface area contributed by atoms with Gasteiger partial charge in [-0.3, -0.25) is 4.79 Å². The van der Waals surface area contributed by atoms with Gasteiger partial charge in [0.25, 0.3) is 0 Å². The van der Waals surface area contributed by atoms with Crippen LogP contribution in [0.15, 0.2) is 41.3 Å². The molecule has 0 saturated heterocycles. The number of halogens is 4. The summed E-state index contributed by atoms with van der Waals surface area (Å²) in [6.07, 6.45) is -0.144. The summed E-state index contributed by atoms with van der Waals surface area (Å²) >= 11 is 11.8. The van der Waals surface area contributed by atoms with Gasteiger partial charge in [-0.2, -0.15) is 0 Å². The number of hydrogen-bond acceptors (Lipinski definition) is 3. The summed E-state index contributed by atoms with van der Waals surface area (Å²) in [5.74, 6) is -2.82. The van der Waals surface area contributed by atoms with E-state index in [0.29, 0.717) is 16.1 Å². The van der Waals surface area contributed by atoms with Crippen molar-refractivity contribution in [3.63, 3.8) is 0 Å². The molecule has 0 aromatic heterocycles. The second-order valence-electron chi connectivity index (χ2n) is 5.69. The highest BCUT2D eigenvalue weighted by Gasteiger charge is 2.17. The summed E-state index contributed by atoms with van der Waals surface area (Å²) in [4.78, 5) is 11.6. The quantitative estimate of drug-likeness (QED) is 0.692. The van der Waals surface area contributed by atoms with Crippen LogP contribution in [0.3, 0.4) is 0 Å². The van der Waals surface area contributed by atoms with Gasteiger partial charge in [0.05, 0.1) is 21.0 Å². The molecule has 0 radical (unpaired) electrons. The minimum absolute atomic E-state index is 0.144. The zero-order valence-electron chi connectivity index (χ0n) is 14.1. The Morgan fingerprint density at radius 1 is 1.07 bits per heavy atom. The molecule has 2 N–H and O–H groups in total. The minimum Gasteiger partial charge on any atom is -0.350 e. The van der Waals surface area contributed by atoms with Crippen molar-refractivity contribution < 1.29 is 22.0 Å². The highest BCUT2D eigenvalue weighted by molar-refractivity contribution is 7.89. The van der Waals surface area contributed by atoms with Gasteiger partial charge in [0.15, 0.2) is 11.6 Å². The van der Waals surface area contributed by atoms with E-state index in [1.54, 1.807) is 25.1 Å². The molecule has 0 fully saturated rings. The van der Waals surface area contributed by atoms with Crippen LogP contribution in [0.4, 0.5) is 8.78 Å². The van der Waals surface area contributed by atoms with E-state index < -0.39 is 32.5 Å². The topological polar surface area (TPSA) is 75.3 Å². The Labute approximate surface area is 165 Å². The Bertz CT molecular complexity index is 955. The average molecular weight is 437 g/mol. The largest absolute Gasteiger partial charge is 0.350 e. The Balaban J connectivity index is 1.89. The summed E-state index contributed by atoms with van der Waals surface area (Å²) in [6.45, 7) is 1.53. The fraction of sp³-hybridized carbons (Fsp3) is 0.235. The summed E-state index contributed by atoms with van der Waals surface area (Å²) in [7, 11) is -4.06. The molecule has 10 heteroatoms. The Morgan fingerprint density at radius 3 is 2.41 bits per heavy atom. The van der Waals surface area contributed by atoms with E-state index >= 15 is 0 Å². The normalized spacial score (nSPS) is 12.6. The van der Waals surface area contributed by atoms with Gasteiger partial charge < -0.3 is 5.32 Å². The number of sulfonamides is 1. The number of rotatable bonds is 7. The molecule has 0 unspecified atom stereocenters. The van der Waals surface area contributed by atoms with Gasteiger partial charge in [0.2, 0.25) is 15.9 Å². The smallest absolute Gasteiger partial charge is 0.240 e. The van der Waals surface area contributed by atoms with Crippen LogP contribution in [-0.2, 0) is 14.8 Å². The lowest BCUT2D eigenvalue weighted by molar-refractivity contribution is -0.121. The molecule has 0 bridgehead atoms. The Morgan fingerprint density at radius 2 is 1.78 bits per heavy atom. The summed E-state index contributed by atoms with van der Waals surface area (Å²) in [5.41, 5.74) is 0.736. The first kappa shape index (κ1) is 21.6. The van der Waals surface area contributed by atoms with Crippen LogP contribution in [0.2, 0.25) is 10.0 Å². The van der Waals surface area contributed by atoms with Gasteiger partial charge in [-0.05, 0) is 42.8 Å². The average Bonchev–Trinajstić information content (AvgIpc) is 2.59. The predicted molar refractivity (Wildman–Crippen MR) is 99.2 cm³/mol. The minimum atomic E-state index is -4.06. The summed E-state index contributed by atoms with van der Waals surface area (Å²) in [5, 5.41) is 3.45. The van der Waals surface area contributed by atoms with E-state index in [0.717, 1.165) is 17.7 Å². The van der Waals surface area contributed by atoms with Crippen molar-refractivity contribution in [3.05, 3.63) is 63.6 Å². The Kier molecular flexibility index (Phi) is 7.16. The first-order valence-corrected chi connectivity index (χ1v) is 10.0. The molecule has 0 aliphatic rings. The zero-order valence-corrected chi connectivity index (χ0v) is 16.4. The highest BCUT2D eigenvalue weighted by Crippen LogP contribution is 2.25. The SMILES string of the molecule is C[C@@H](NC(=O)CCNS(=O)(=O)c1ccc(F)c(F)c1)c1ccc(Cl)c(Cl)c1. The number of carbonyl (C=O) groups excluding carboxylic acids is 1. The van der Waals surface area contributed by atoms with E-state index in [1.807, 2.05) is 0 Å². The van der Waals surface area contributed by atoms with Crippen LogP contribution in [0, 0.1) is 11.6 Å². The lowest BCUT2D eigenvalue weighted by Gasteiger charge is -2.15. The van der Waals surface area contributed by atoms with Crippen molar-refractivity contribution in [3.8, 4) is 0 Å². The monoisotopic (exact) mass is 436 g/mol. The maximum atomic E-state index is 13.2. The first-order valence-electron chi connectivity index (χ1n) is 7.79. The fourth-order valence-corrected chi connectivity index (χ4v) is 3.55. The molecule has 2 aromatic carbocycles. The van der Waals surface area contributed by atoms with Crippen LogP contribution in [0.1, 0.15) is 24.9 Å². The van der Waals surface area contributed by atoms with Crippen LogP contribution in [0.25, 0.3) is 0 Å². The molecule has 0 heterocycles. The first-order chi connectivity index (χ1) is 12.6. The molecular weight excluding hydrogens is 421 g/mol. The van der Waals surface area contributed by atoms with Crippen molar-refractivity contribution in [1.29, 1.82) is 0 Å². The van der Waals surface area contributed by atoms with Crippen molar-refractivity contribution >= 4 is 39.1 Å². The van der Waals surface area contributed by atoms with E-state index in [4.69, 9.17) is 23.2 Å². The van der Waals surface area contributed by atoms with Crippen molar-refractivity contribution in [2.24, 2.45) is 0 Å². The van der Waals surface area contributed by atoms with Crippen molar-refractivity contribution in [2.75, 3.05) is 6.54 Å². The van der Waals surface area contributed by atoms with E-state index in [-0.39, 0.29) is 19.0 Å². The molecule has 0 saturated carbocycles. The van der Waals surface area contributed by atoms with Gasteiger partial charge in [0.1, 0.15) is 0 Å². The maximum Gasteiger partial charge on any atom is 0.240 e. The zero-order chi connectivity index (χ0) is 20.2. The van der Waals surface area contributed by atoms with Crippen LogP contribution >= 0.6 is 23.2 Å². The molecule has 0 spiro atoms. The van der Waals surface area contributed by atoms with Crippen LogP contribution in [-0.4, -0.2) is 20.9 Å². The van der Waals surface area contributed by atoms with Gasteiger partial charge in [0, 0.05) is 13.0 Å². The Hall–Kier alpha value is -1.74. The van der Waals surface area contributed by atoms with Crippen LogP contribution in [0.5, 0.6) is 0 Å². The molecule has 27 heavy (non-hydrogen) atoms. The molecule has 5 nitrogen and oxygen atoms in total. The standard InChI is InChI=1S/C17H16Cl2F2N2O3S/c1-10(11-2-4-13(18)14(19)8-11)23-17(24)6-7-22-27(25,26)12-3-5-15(20)16(21)9-12/h2-5,8-10,22H,6-7H2,1H3,(H,23,24)/t10-/m1/s1. The third-order valence-corrected chi connectivity index (χ3v) is 5.86. The van der Waals surface area contributed by atoms with Crippen molar-refractivity contribution in [1.82, 2.24) is 10.0 Å². The molecule has 2 aromatic rings. The van der Waals surface area contributed by atoms with Gasteiger partial charge >= 0.3 is 0 Å². The van der Waals surface area contributed by atoms with Gasteiger partial charge in [-0.25, -0.2) is 21.9 Å². The highest BCUT2D eigenvalue weighted by atomic mass is 35.5. The van der Waals surface area contributed by atoms with Gasteiger partial charge in [-0.1, -0.05) is 29.3 Å². The number of amides is 1. The molecule has 1 atom stereocenters. The molecule has 146 valence electrons. The van der Waals surface area contributed by atoms with Gasteiger partial charge in [-0.15, -0.1) is 0 Å². The fourth-order valence-electron chi connectivity index (χ4n) is 2.20. The molecular formula is C17H16Cl2F2N2O3S.